The van der Waals surface area contributed by atoms with Crippen molar-refractivity contribution < 1.29 is 14.6 Å². The molecule has 116 valence electrons. The standard InChI is InChI=1S/C15H21ClN2O3/c1-14(2,3)21-13(19)18-12-5-4-10(6-11(12)16)7-15(20)8-17-9-15/h4-6,17,20H,7-9H2,1-3H3,(H,18,19). The van der Waals surface area contributed by atoms with Crippen molar-refractivity contribution in [2.24, 2.45) is 0 Å². The van der Waals surface area contributed by atoms with Gasteiger partial charge in [-0.2, -0.15) is 0 Å². The minimum absolute atomic E-state index is 0.425. The van der Waals surface area contributed by atoms with Crippen LogP contribution >= 0.6 is 11.6 Å². The maximum Gasteiger partial charge on any atom is 0.412 e. The topological polar surface area (TPSA) is 70.6 Å². The van der Waals surface area contributed by atoms with Crippen molar-refractivity contribution in [2.45, 2.75) is 38.4 Å². The number of carbonyl (C=O) groups is 1. The van der Waals surface area contributed by atoms with Gasteiger partial charge in [0.1, 0.15) is 5.60 Å². The van der Waals surface area contributed by atoms with Gasteiger partial charge in [0.05, 0.1) is 16.3 Å². The number of halogens is 1. The predicted octanol–water partition coefficient (Wildman–Crippen LogP) is 2.56. The van der Waals surface area contributed by atoms with Gasteiger partial charge in [-0.25, -0.2) is 4.79 Å². The number of anilines is 1. The second-order valence-electron chi connectivity index (χ2n) is 6.45. The molecule has 1 aromatic rings. The molecule has 1 aliphatic heterocycles. The lowest BCUT2D eigenvalue weighted by molar-refractivity contribution is -0.00902. The van der Waals surface area contributed by atoms with E-state index in [9.17, 15) is 9.90 Å². The van der Waals surface area contributed by atoms with Crippen molar-refractivity contribution in [1.82, 2.24) is 5.32 Å². The number of hydrogen-bond acceptors (Lipinski definition) is 4. The summed E-state index contributed by atoms with van der Waals surface area (Å²) in [7, 11) is 0. The lowest BCUT2D eigenvalue weighted by atomic mass is 9.89. The largest absolute Gasteiger partial charge is 0.444 e. The Kier molecular flexibility index (Phi) is 4.46. The molecule has 0 spiro atoms. The molecule has 1 fully saturated rings. The fourth-order valence-electron chi connectivity index (χ4n) is 2.10. The second-order valence-corrected chi connectivity index (χ2v) is 6.85. The Morgan fingerprint density at radius 3 is 2.62 bits per heavy atom. The van der Waals surface area contributed by atoms with Gasteiger partial charge < -0.3 is 15.2 Å². The van der Waals surface area contributed by atoms with Gasteiger partial charge in [-0.05, 0) is 38.5 Å². The van der Waals surface area contributed by atoms with Gasteiger partial charge in [0.2, 0.25) is 0 Å². The molecule has 3 N–H and O–H groups in total. The molecule has 0 radical (unpaired) electrons. The predicted molar refractivity (Wildman–Crippen MR) is 82.8 cm³/mol. The molecule has 2 rings (SSSR count). The van der Waals surface area contributed by atoms with Crippen LogP contribution in [0.15, 0.2) is 18.2 Å². The molecule has 1 amide bonds. The van der Waals surface area contributed by atoms with E-state index in [-0.39, 0.29) is 0 Å². The fraction of sp³-hybridized carbons (Fsp3) is 0.533. The van der Waals surface area contributed by atoms with E-state index in [4.69, 9.17) is 16.3 Å². The Morgan fingerprint density at radius 1 is 1.48 bits per heavy atom. The number of β-amino-alcohol motifs (C(OH)–C–C–N with tert-alkyl or cyclic N) is 1. The Balaban J connectivity index is 2.00. The van der Waals surface area contributed by atoms with Gasteiger partial charge in [0.25, 0.3) is 0 Å². The van der Waals surface area contributed by atoms with Crippen LogP contribution in [0.2, 0.25) is 5.02 Å². The molecule has 21 heavy (non-hydrogen) atoms. The maximum absolute atomic E-state index is 11.7. The van der Waals surface area contributed by atoms with E-state index in [1.165, 1.54) is 0 Å². The third-order valence-corrected chi connectivity index (χ3v) is 3.42. The summed E-state index contributed by atoms with van der Waals surface area (Å²) >= 11 is 6.17. The molecule has 1 aliphatic rings. The van der Waals surface area contributed by atoms with E-state index in [1.54, 1.807) is 32.9 Å². The molecule has 6 heteroatoms. The first kappa shape index (κ1) is 16.1. The zero-order valence-corrected chi connectivity index (χ0v) is 13.3. The van der Waals surface area contributed by atoms with Crippen LogP contribution in [-0.4, -0.2) is 35.5 Å². The maximum atomic E-state index is 11.7. The number of amides is 1. The molecule has 0 bridgehead atoms. The van der Waals surface area contributed by atoms with Crippen LogP contribution in [0.3, 0.4) is 0 Å². The molecular formula is C15H21ClN2O3. The summed E-state index contributed by atoms with van der Waals surface area (Å²) in [5, 5.41) is 16.2. The van der Waals surface area contributed by atoms with Crippen molar-refractivity contribution in [2.75, 3.05) is 18.4 Å². The third-order valence-electron chi connectivity index (χ3n) is 3.11. The number of hydrogen-bond donors (Lipinski definition) is 3. The number of aliphatic hydroxyl groups is 1. The highest BCUT2D eigenvalue weighted by atomic mass is 35.5. The van der Waals surface area contributed by atoms with Gasteiger partial charge in [-0.15, -0.1) is 0 Å². The van der Waals surface area contributed by atoms with Gasteiger partial charge in [-0.1, -0.05) is 17.7 Å². The Hall–Kier alpha value is -1.30. The molecule has 0 aromatic heterocycles. The smallest absolute Gasteiger partial charge is 0.412 e. The minimum Gasteiger partial charge on any atom is -0.444 e. The molecule has 0 aliphatic carbocycles. The number of nitrogens with one attached hydrogen (secondary N) is 2. The summed E-state index contributed by atoms with van der Waals surface area (Å²) in [6, 6.07) is 5.32. The van der Waals surface area contributed by atoms with Crippen LogP contribution in [-0.2, 0) is 11.2 Å². The van der Waals surface area contributed by atoms with E-state index in [0.29, 0.717) is 30.2 Å². The fourth-order valence-corrected chi connectivity index (χ4v) is 2.35. The monoisotopic (exact) mass is 312 g/mol. The van der Waals surface area contributed by atoms with E-state index in [2.05, 4.69) is 10.6 Å². The van der Waals surface area contributed by atoms with Crippen molar-refractivity contribution >= 4 is 23.4 Å². The normalized spacial score (nSPS) is 17.0. The van der Waals surface area contributed by atoms with Crippen LogP contribution in [0.4, 0.5) is 10.5 Å². The summed E-state index contributed by atoms with van der Waals surface area (Å²) in [5.41, 5.74) is 0.174. The van der Waals surface area contributed by atoms with Crippen LogP contribution in [0, 0.1) is 0 Å². The molecule has 1 saturated heterocycles. The lowest BCUT2D eigenvalue weighted by Gasteiger charge is -2.37. The average Bonchev–Trinajstić information content (AvgIpc) is 2.28. The molecule has 1 heterocycles. The summed E-state index contributed by atoms with van der Waals surface area (Å²) in [6.07, 6.45) is -0.00845. The third kappa shape index (κ3) is 4.59. The minimum atomic E-state index is -0.691. The SMILES string of the molecule is CC(C)(C)OC(=O)Nc1ccc(CC2(O)CNC2)cc1Cl. The van der Waals surface area contributed by atoms with E-state index < -0.39 is 17.3 Å². The van der Waals surface area contributed by atoms with Gasteiger partial charge in [0.15, 0.2) is 0 Å². The van der Waals surface area contributed by atoms with Crippen LogP contribution < -0.4 is 10.6 Å². The number of carbonyl (C=O) groups excluding carboxylic acids is 1. The number of rotatable bonds is 3. The average molecular weight is 313 g/mol. The lowest BCUT2D eigenvalue weighted by Crippen LogP contribution is -2.60. The van der Waals surface area contributed by atoms with Crippen molar-refractivity contribution in [1.29, 1.82) is 0 Å². The Bertz CT molecular complexity index is 536. The van der Waals surface area contributed by atoms with Crippen molar-refractivity contribution in [3.8, 4) is 0 Å². The highest BCUT2D eigenvalue weighted by Crippen LogP contribution is 2.26. The van der Waals surface area contributed by atoms with E-state index >= 15 is 0 Å². The summed E-state index contributed by atoms with van der Waals surface area (Å²) in [4.78, 5) is 11.7. The summed E-state index contributed by atoms with van der Waals surface area (Å²) in [6.45, 7) is 6.56. The molecular weight excluding hydrogens is 292 g/mol. The van der Waals surface area contributed by atoms with Crippen LogP contribution in [0.1, 0.15) is 26.3 Å². The molecule has 0 saturated carbocycles. The zero-order valence-electron chi connectivity index (χ0n) is 12.5. The first-order chi connectivity index (χ1) is 9.67. The Labute approximate surface area is 129 Å². The number of benzene rings is 1. The first-order valence-electron chi connectivity index (χ1n) is 6.88. The van der Waals surface area contributed by atoms with Gasteiger partial charge in [-0.3, -0.25) is 5.32 Å². The number of ether oxygens (including phenoxy) is 1. The highest BCUT2D eigenvalue weighted by molar-refractivity contribution is 6.33. The van der Waals surface area contributed by atoms with Crippen molar-refractivity contribution in [3.05, 3.63) is 28.8 Å². The zero-order chi connectivity index (χ0) is 15.7. The van der Waals surface area contributed by atoms with Crippen molar-refractivity contribution in [3.63, 3.8) is 0 Å². The van der Waals surface area contributed by atoms with Crippen LogP contribution in [0.5, 0.6) is 0 Å². The molecule has 0 atom stereocenters. The summed E-state index contributed by atoms with van der Waals surface area (Å²) in [5.74, 6) is 0. The first-order valence-corrected chi connectivity index (χ1v) is 7.26. The molecule has 0 unspecified atom stereocenters. The second kappa shape index (κ2) is 5.83. The molecule has 1 aromatic carbocycles. The summed E-state index contributed by atoms with van der Waals surface area (Å²) < 4.78 is 5.18. The molecule has 5 nitrogen and oxygen atoms in total. The van der Waals surface area contributed by atoms with E-state index in [0.717, 1.165) is 5.56 Å². The Morgan fingerprint density at radius 2 is 2.14 bits per heavy atom. The quantitative estimate of drug-likeness (QED) is 0.802. The highest BCUT2D eigenvalue weighted by Gasteiger charge is 2.34. The van der Waals surface area contributed by atoms with Gasteiger partial charge in [0, 0.05) is 19.5 Å². The van der Waals surface area contributed by atoms with Gasteiger partial charge >= 0.3 is 6.09 Å². The van der Waals surface area contributed by atoms with Crippen LogP contribution in [0.25, 0.3) is 0 Å². The van der Waals surface area contributed by atoms with E-state index in [1.807, 2.05) is 6.07 Å².